The van der Waals surface area contributed by atoms with Crippen molar-refractivity contribution >= 4 is 18.2 Å². The van der Waals surface area contributed by atoms with E-state index in [1.165, 1.54) is 0 Å². The van der Waals surface area contributed by atoms with Gasteiger partial charge in [0.15, 0.2) is 6.29 Å². The van der Waals surface area contributed by atoms with Crippen molar-refractivity contribution in [2.75, 3.05) is 24.6 Å². The highest BCUT2D eigenvalue weighted by atomic mass is 16.5. The Morgan fingerprint density at radius 2 is 2.24 bits per heavy atom. The third-order valence-electron chi connectivity index (χ3n) is 3.89. The fourth-order valence-corrected chi connectivity index (χ4v) is 2.74. The number of pyridine rings is 1. The van der Waals surface area contributed by atoms with Gasteiger partial charge in [-0.1, -0.05) is 0 Å². The number of ether oxygens (including phenoxy) is 1. The predicted molar refractivity (Wildman–Crippen MR) is 79.5 cm³/mol. The van der Waals surface area contributed by atoms with Crippen molar-refractivity contribution in [3.8, 4) is 0 Å². The van der Waals surface area contributed by atoms with Crippen molar-refractivity contribution in [2.45, 2.75) is 26.2 Å². The molecule has 1 fully saturated rings. The molecule has 1 aromatic heterocycles. The van der Waals surface area contributed by atoms with Crippen LogP contribution < -0.4 is 10.6 Å². The number of nitrogens with zero attached hydrogens (tertiary/aromatic N) is 2. The summed E-state index contributed by atoms with van der Waals surface area (Å²) < 4.78 is 4.78. The molecule has 1 amide bonds. The minimum Gasteiger partial charge on any atom is -0.450 e. The van der Waals surface area contributed by atoms with Crippen molar-refractivity contribution in [3.63, 3.8) is 0 Å². The average molecular weight is 291 g/mol. The molecule has 2 heterocycles. The first-order chi connectivity index (χ1) is 10.1. The van der Waals surface area contributed by atoms with Gasteiger partial charge in [-0.2, -0.15) is 0 Å². The summed E-state index contributed by atoms with van der Waals surface area (Å²) in [4.78, 5) is 27.9. The molecule has 0 saturated carbocycles. The van der Waals surface area contributed by atoms with Gasteiger partial charge in [-0.05, 0) is 43.7 Å². The fraction of sp³-hybridized carbons (Fsp3) is 0.533. The summed E-state index contributed by atoms with van der Waals surface area (Å²) in [6.07, 6.45) is 4.66. The summed E-state index contributed by atoms with van der Waals surface area (Å²) in [5.74, 6) is 1.50. The van der Waals surface area contributed by atoms with Crippen LogP contribution in [0.3, 0.4) is 0 Å². The number of primary amides is 1. The van der Waals surface area contributed by atoms with Gasteiger partial charge in [0.2, 0.25) is 0 Å². The van der Waals surface area contributed by atoms with Crippen molar-refractivity contribution in [1.82, 2.24) is 4.98 Å². The van der Waals surface area contributed by atoms with Crippen LogP contribution in [0.2, 0.25) is 0 Å². The third-order valence-corrected chi connectivity index (χ3v) is 3.89. The summed E-state index contributed by atoms with van der Waals surface area (Å²) in [5, 5.41) is 0. The molecule has 1 aliphatic heterocycles. The molecule has 0 bridgehead atoms. The zero-order chi connectivity index (χ0) is 15.2. The molecular weight excluding hydrogens is 270 g/mol. The molecule has 1 aliphatic rings. The molecule has 21 heavy (non-hydrogen) atoms. The van der Waals surface area contributed by atoms with E-state index in [0.29, 0.717) is 18.1 Å². The topological polar surface area (TPSA) is 85.5 Å². The normalized spacial score (nSPS) is 15.8. The highest BCUT2D eigenvalue weighted by Crippen LogP contribution is 2.26. The van der Waals surface area contributed by atoms with Gasteiger partial charge in [0.1, 0.15) is 5.82 Å². The second-order valence-electron chi connectivity index (χ2n) is 5.41. The van der Waals surface area contributed by atoms with E-state index in [1.54, 1.807) is 6.20 Å². The smallest absolute Gasteiger partial charge is 0.404 e. The van der Waals surface area contributed by atoms with Crippen molar-refractivity contribution in [3.05, 3.63) is 23.4 Å². The molecule has 6 nitrogen and oxygen atoms in total. The lowest BCUT2D eigenvalue weighted by Gasteiger charge is -2.33. The van der Waals surface area contributed by atoms with Crippen LogP contribution in [0, 0.1) is 12.8 Å². The lowest BCUT2D eigenvalue weighted by atomic mass is 9.94. The van der Waals surface area contributed by atoms with Crippen LogP contribution >= 0.6 is 0 Å². The first kappa shape index (κ1) is 15.3. The van der Waals surface area contributed by atoms with Gasteiger partial charge in [0, 0.05) is 24.8 Å². The van der Waals surface area contributed by atoms with E-state index in [1.807, 2.05) is 13.0 Å². The van der Waals surface area contributed by atoms with E-state index in [0.717, 1.165) is 50.0 Å². The molecule has 114 valence electrons. The Bertz CT molecular complexity index is 511. The zero-order valence-electron chi connectivity index (χ0n) is 12.2. The highest BCUT2D eigenvalue weighted by Gasteiger charge is 2.21. The summed E-state index contributed by atoms with van der Waals surface area (Å²) in [5.41, 5.74) is 6.57. The van der Waals surface area contributed by atoms with Gasteiger partial charge in [-0.3, -0.25) is 4.79 Å². The molecular formula is C15H21N3O3. The van der Waals surface area contributed by atoms with Gasteiger partial charge >= 0.3 is 6.09 Å². The van der Waals surface area contributed by atoms with Crippen LogP contribution in [0.25, 0.3) is 0 Å². The van der Waals surface area contributed by atoms with E-state index in [2.05, 4.69) is 9.88 Å². The Morgan fingerprint density at radius 1 is 1.52 bits per heavy atom. The molecule has 0 unspecified atom stereocenters. The van der Waals surface area contributed by atoms with Crippen molar-refractivity contribution in [1.29, 1.82) is 0 Å². The Kier molecular flexibility index (Phi) is 5.14. The summed E-state index contributed by atoms with van der Waals surface area (Å²) in [6, 6.07) is 1.86. The fourth-order valence-electron chi connectivity index (χ4n) is 2.74. The standard InChI is InChI=1S/C15H21N3O3/c1-11-8-13(10-19)9-17-14(11)18-5-2-12(3-6-18)4-7-21-15(16)20/h8-10,12H,2-7H2,1H3,(H2,16,20). The van der Waals surface area contributed by atoms with Crippen molar-refractivity contribution < 1.29 is 14.3 Å². The highest BCUT2D eigenvalue weighted by molar-refractivity contribution is 5.75. The molecule has 2 N–H and O–H groups in total. The average Bonchev–Trinajstić information content (AvgIpc) is 2.47. The summed E-state index contributed by atoms with van der Waals surface area (Å²) in [7, 11) is 0. The number of nitrogens with two attached hydrogens (primary N) is 1. The quantitative estimate of drug-likeness (QED) is 0.837. The Balaban J connectivity index is 1.86. The molecule has 1 aromatic rings. The molecule has 0 spiro atoms. The second kappa shape index (κ2) is 7.06. The molecule has 0 atom stereocenters. The number of aryl methyl sites for hydroxylation is 1. The number of amides is 1. The number of hydrogen-bond acceptors (Lipinski definition) is 5. The van der Waals surface area contributed by atoms with Crippen LogP contribution in [-0.2, 0) is 4.74 Å². The molecule has 0 aliphatic carbocycles. The van der Waals surface area contributed by atoms with E-state index >= 15 is 0 Å². The number of anilines is 1. The van der Waals surface area contributed by atoms with Gasteiger partial charge < -0.3 is 15.4 Å². The van der Waals surface area contributed by atoms with E-state index < -0.39 is 6.09 Å². The number of aldehydes is 1. The minimum atomic E-state index is -0.706. The number of piperidine rings is 1. The number of carbonyl (C=O) groups is 2. The van der Waals surface area contributed by atoms with Gasteiger partial charge in [-0.25, -0.2) is 9.78 Å². The van der Waals surface area contributed by atoms with Gasteiger partial charge in [0.25, 0.3) is 0 Å². The van der Waals surface area contributed by atoms with Crippen LogP contribution in [0.1, 0.15) is 35.2 Å². The minimum absolute atomic E-state index is 0.394. The first-order valence-corrected chi connectivity index (χ1v) is 7.19. The number of hydrogen-bond donors (Lipinski definition) is 1. The number of carbonyl (C=O) groups excluding carboxylic acids is 2. The van der Waals surface area contributed by atoms with E-state index in [4.69, 9.17) is 10.5 Å². The van der Waals surface area contributed by atoms with E-state index in [9.17, 15) is 9.59 Å². The first-order valence-electron chi connectivity index (χ1n) is 7.19. The lowest BCUT2D eigenvalue weighted by Crippen LogP contribution is -2.35. The molecule has 1 saturated heterocycles. The molecule has 6 heteroatoms. The Labute approximate surface area is 124 Å². The lowest BCUT2D eigenvalue weighted by molar-refractivity contribution is 0.112. The zero-order valence-corrected chi connectivity index (χ0v) is 12.2. The van der Waals surface area contributed by atoms with Crippen LogP contribution in [0.15, 0.2) is 12.3 Å². The summed E-state index contributed by atoms with van der Waals surface area (Å²) in [6.45, 7) is 4.22. The monoisotopic (exact) mass is 291 g/mol. The number of aromatic nitrogens is 1. The van der Waals surface area contributed by atoms with Gasteiger partial charge in [0.05, 0.1) is 6.61 Å². The maximum Gasteiger partial charge on any atom is 0.404 e. The number of rotatable bonds is 5. The molecule has 2 rings (SSSR count). The largest absolute Gasteiger partial charge is 0.450 e. The third kappa shape index (κ3) is 4.18. The summed E-state index contributed by atoms with van der Waals surface area (Å²) >= 11 is 0. The molecule has 0 radical (unpaired) electrons. The van der Waals surface area contributed by atoms with Crippen LogP contribution in [0.5, 0.6) is 0 Å². The van der Waals surface area contributed by atoms with E-state index in [-0.39, 0.29) is 0 Å². The predicted octanol–water partition coefficient (Wildman–Crippen LogP) is 1.90. The SMILES string of the molecule is Cc1cc(C=O)cnc1N1CCC(CCOC(N)=O)CC1. The van der Waals surface area contributed by atoms with Gasteiger partial charge in [-0.15, -0.1) is 0 Å². The maximum atomic E-state index is 10.7. The maximum absolute atomic E-state index is 10.7. The second-order valence-corrected chi connectivity index (χ2v) is 5.41. The molecule has 0 aromatic carbocycles. The van der Waals surface area contributed by atoms with Crippen molar-refractivity contribution in [2.24, 2.45) is 11.7 Å². The Hall–Kier alpha value is -2.11. The van der Waals surface area contributed by atoms with Crippen LogP contribution in [0.4, 0.5) is 10.6 Å². The van der Waals surface area contributed by atoms with Crippen LogP contribution in [-0.4, -0.2) is 37.1 Å². The Morgan fingerprint density at radius 3 is 2.81 bits per heavy atom.